The molecule has 1 fully saturated rings. The smallest absolute Gasteiger partial charge is 0.221 e. The molecule has 3 heteroatoms. The van der Waals surface area contributed by atoms with E-state index in [0.29, 0.717) is 0 Å². The highest BCUT2D eigenvalue weighted by Crippen LogP contribution is 2.17. The van der Waals surface area contributed by atoms with Gasteiger partial charge in [0, 0.05) is 13.1 Å². The maximum absolute atomic E-state index is 11.1. The Morgan fingerprint density at radius 1 is 1.44 bits per heavy atom. The van der Waals surface area contributed by atoms with Gasteiger partial charge in [-0.15, -0.1) is 0 Å². The minimum atomic E-state index is -0.165. The van der Waals surface area contributed by atoms with Gasteiger partial charge in [-0.1, -0.05) is 42.0 Å². The van der Waals surface area contributed by atoms with Crippen molar-refractivity contribution in [2.75, 3.05) is 19.6 Å². The van der Waals surface area contributed by atoms with Crippen molar-refractivity contribution in [3.8, 4) is 0 Å². The van der Waals surface area contributed by atoms with E-state index in [9.17, 15) is 4.79 Å². The van der Waals surface area contributed by atoms with Gasteiger partial charge in [0.15, 0.2) is 0 Å². The lowest BCUT2D eigenvalue weighted by molar-refractivity contribution is -0.121. The molecule has 1 aliphatic rings. The highest BCUT2D eigenvalue weighted by molar-refractivity contribution is 5.77. The number of hydrogen-bond acceptors (Lipinski definition) is 2. The predicted molar refractivity (Wildman–Crippen MR) is 73.8 cm³/mol. The van der Waals surface area contributed by atoms with Crippen LogP contribution in [0, 0.1) is 5.92 Å². The molecule has 1 amide bonds. The van der Waals surface area contributed by atoms with Crippen molar-refractivity contribution in [1.29, 1.82) is 0 Å². The lowest BCUT2D eigenvalue weighted by atomic mass is 10.1. The molecule has 1 atom stereocenters. The molecular formula is C15H20N2O. The van der Waals surface area contributed by atoms with Crippen LogP contribution in [0.5, 0.6) is 0 Å². The minimum Gasteiger partial charge on any atom is -0.369 e. The van der Waals surface area contributed by atoms with Gasteiger partial charge >= 0.3 is 0 Å². The van der Waals surface area contributed by atoms with Gasteiger partial charge in [0.2, 0.25) is 5.91 Å². The molecule has 1 aliphatic heterocycles. The Morgan fingerprint density at radius 2 is 2.17 bits per heavy atom. The summed E-state index contributed by atoms with van der Waals surface area (Å²) in [5.41, 5.74) is 7.87. The summed E-state index contributed by atoms with van der Waals surface area (Å²) in [5, 5.41) is 0. The largest absolute Gasteiger partial charge is 0.369 e. The fourth-order valence-electron chi connectivity index (χ4n) is 2.44. The van der Waals surface area contributed by atoms with Crippen LogP contribution in [0.4, 0.5) is 0 Å². The summed E-state index contributed by atoms with van der Waals surface area (Å²) in [4.78, 5) is 13.4. The Labute approximate surface area is 108 Å². The number of primary amides is 1. The lowest BCUT2D eigenvalue weighted by Gasteiger charge is -2.15. The quantitative estimate of drug-likeness (QED) is 0.879. The second-order valence-corrected chi connectivity index (χ2v) is 5.02. The fourth-order valence-corrected chi connectivity index (χ4v) is 2.44. The topological polar surface area (TPSA) is 46.3 Å². The van der Waals surface area contributed by atoms with Crippen molar-refractivity contribution in [2.45, 2.75) is 13.3 Å². The Balaban J connectivity index is 1.91. The van der Waals surface area contributed by atoms with Crippen LogP contribution in [0.25, 0.3) is 6.08 Å². The zero-order valence-corrected chi connectivity index (χ0v) is 10.8. The molecule has 1 saturated heterocycles. The van der Waals surface area contributed by atoms with Crippen molar-refractivity contribution >= 4 is 12.0 Å². The van der Waals surface area contributed by atoms with E-state index in [4.69, 9.17) is 5.73 Å². The molecule has 1 heterocycles. The van der Waals surface area contributed by atoms with Gasteiger partial charge in [0.25, 0.3) is 0 Å². The maximum Gasteiger partial charge on any atom is 0.221 e. The van der Waals surface area contributed by atoms with Crippen molar-refractivity contribution in [3.63, 3.8) is 0 Å². The summed E-state index contributed by atoms with van der Waals surface area (Å²) in [5.74, 6) is -0.128. The molecule has 0 aromatic heterocycles. The Morgan fingerprint density at radius 3 is 2.78 bits per heavy atom. The molecule has 2 N–H and O–H groups in total. The number of nitrogens with two attached hydrogens (primary N) is 1. The van der Waals surface area contributed by atoms with Crippen LogP contribution < -0.4 is 5.73 Å². The zero-order valence-electron chi connectivity index (χ0n) is 10.8. The summed E-state index contributed by atoms with van der Waals surface area (Å²) in [7, 11) is 0. The van der Waals surface area contributed by atoms with E-state index in [-0.39, 0.29) is 11.8 Å². The van der Waals surface area contributed by atoms with Crippen molar-refractivity contribution in [1.82, 2.24) is 4.90 Å². The summed E-state index contributed by atoms with van der Waals surface area (Å²) in [6.07, 6.45) is 3.09. The third kappa shape index (κ3) is 3.44. The normalized spacial score (nSPS) is 21.2. The third-order valence-electron chi connectivity index (χ3n) is 3.36. The van der Waals surface area contributed by atoms with Crippen LogP contribution in [0.15, 0.2) is 35.9 Å². The first-order valence-electron chi connectivity index (χ1n) is 6.39. The van der Waals surface area contributed by atoms with Crippen molar-refractivity contribution in [2.24, 2.45) is 11.7 Å². The van der Waals surface area contributed by atoms with E-state index >= 15 is 0 Å². The average molecular weight is 244 g/mol. The van der Waals surface area contributed by atoms with Gasteiger partial charge in [-0.05, 0) is 25.5 Å². The van der Waals surface area contributed by atoms with E-state index in [1.807, 2.05) is 18.2 Å². The molecule has 18 heavy (non-hydrogen) atoms. The molecule has 3 nitrogen and oxygen atoms in total. The molecule has 0 bridgehead atoms. The third-order valence-corrected chi connectivity index (χ3v) is 3.36. The molecule has 0 saturated carbocycles. The van der Waals surface area contributed by atoms with Gasteiger partial charge in [0.05, 0.1) is 5.92 Å². The summed E-state index contributed by atoms with van der Waals surface area (Å²) >= 11 is 0. The number of carbonyl (C=O) groups is 1. The Kier molecular flexibility index (Phi) is 4.15. The Hall–Kier alpha value is -1.61. The molecular weight excluding hydrogens is 224 g/mol. The standard InChI is InChI=1S/C15H20N2O/c1-12(9-13-5-3-2-4-6-13)10-17-8-7-14(11-17)15(16)18/h2-6,9,14H,7-8,10-11H2,1H3,(H2,16,18)/b12-9+. The first-order valence-corrected chi connectivity index (χ1v) is 6.39. The van der Waals surface area contributed by atoms with Crippen LogP contribution in [0.1, 0.15) is 18.9 Å². The van der Waals surface area contributed by atoms with Gasteiger partial charge in [-0.25, -0.2) is 0 Å². The van der Waals surface area contributed by atoms with Crippen LogP contribution in [-0.2, 0) is 4.79 Å². The summed E-state index contributed by atoms with van der Waals surface area (Å²) in [6.45, 7) is 4.81. The highest BCUT2D eigenvalue weighted by Gasteiger charge is 2.26. The number of likely N-dealkylation sites (tertiary alicyclic amines) is 1. The van der Waals surface area contributed by atoms with E-state index in [2.05, 4.69) is 30.0 Å². The van der Waals surface area contributed by atoms with Gasteiger partial charge in [-0.3, -0.25) is 9.69 Å². The van der Waals surface area contributed by atoms with Crippen LogP contribution >= 0.6 is 0 Å². The number of hydrogen-bond donors (Lipinski definition) is 1. The number of rotatable bonds is 4. The molecule has 1 unspecified atom stereocenters. The van der Waals surface area contributed by atoms with Gasteiger partial charge < -0.3 is 5.73 Å². The van der Waals surface area contributed by atoms with Crippen LogP contribution in [-0.4, -0.2) is 30.4 Å². The molecule has 0 spiro atoms. The molecule has 1 aromatic rings. The minimum absolute atomic E-state index is 0.0366. The molecule has 0 aliphatic carbocycles. The van der Waals surface area contributed by atoms with Gasteiger partial charge in [-0.2, -0.15) is 0 Å². The van der Waals surface area contributed by atoms with Gasteiger partial charge in [0.1, 0.15) is 0 Å². The number of nitrogens with zero attached hydrogens (tertiary/aromatic N) is 1. The fraction of sp³-hybridized carbons (Fsp3) is 0.400. The van der Waals surface area contributed by atoms with Crippen molar-refractivity contribution < 1.29 is 4.79 Å². The Bertz CT molecular complexity index is 439. The molecule has 96 valence electrons. The monoisotopic (exact) mass is 244 g/mol. The predicted octanol–water partition coefficient (Wildman–Crippen LogP) is 1.90. The number of carbonyl (C=O) groups excluding carboxylic acids is 1. The van der Waals surface area contributed by atoms with Crippen molar-refractivity contribution in [3.05, 3.63) is 41.5 Å². The van der Waals surface area contributed by atoms with Crippen LogP contribution in [0.2, 0.25) is 0 Å². The lowest BCUT2D eigenvalue weighted by Crippen LogP contribution is -2.28. The first-order chi connectivity index (χ1) is 8.65. The number of benzene rings is 1. The molecule has 1 aromatic carbocycles. The SMILES string of the molecule is C/C(=C\c1ccccc1)CN1CCC(C(N)=O)C1. The molecule has 0 radical (unpaired) electrons. The average Bonchev–Trinajstić information content (AvgIpc) is 2.78. The summed E-state index contributed by atoms with van der Waals surface area (Å²) in [6, 6.07) is 10.3. The highest BCUT2D eigenvalue weighted by atomic mass is 16.1. The van der Waals surface area contributed by atoms with E-state index < -0.39 is 0 Å². The maximum atomic E-state index is 11.1. The summed E-state index contributed by atoms with van der Waals surface area (Å²) < 4.78 is 0. The van der Waals surface area contributed by atoms with E-state index in [1.165, 1.54) is 11.1 Å². The van der Waals surface area contributed by atoms with Crippen LogP contribution in [0.3, 0.4) is 0 Å². The van der Waals surface area contributed by atoms with E-state index in [1.54, 1.807) is 0 Å². The second-order valence-electron chi connectivity index (χ2n) is 5.02. The first kappa shape index (κ1) is 12.8. The van der Waals surface area contributed by atoms with E-state index in [0.717, 1.165) is 26.1 Å². The second kappa shape index (κ2) is 5.83. The molecule has 2 rings (SSSR count). The number of amides is 1. The zero-order chi connectivity index (χ0) is 13.0.